The lowest BCUT2D eigenvalue weighted by Crippen LogP contribution is -2.24. The van der Waals surface area contributed by atoms with E-state index < -0.39 is 17.9 Å². The monoisotopic (exact) mass is 207 g/mol. The van der Waals surface area contributed by atoms with Crippen LogP contribution in [0.25, 0.3) is 0 Å². The number of methoxy groups -OCH3 is 1. The van der Waals surface area contributed by atoms with E-state index in [1.54, 1.807) is 7.11 Å². The summed E-state index contributed by atoms with van der Waals surface area (Å²) in [7, 11) is 1.58. The molecule has 15 heavy (non-hydrogen) atoms. The van der Waals surface area contributed by atoms with Crippen molar-refractivity contribution in [3.05, 3.63) is 29.3 Å². The highest BCUT2D eigenvalue weighted by Crippen LogP contribution is 2.39. The molecule has 0 spiro atoms. The number of aliphatic carboxylic acids is 1. The molecule has 0 radical (unpaired) electrons. The van der Waals surface area contributed by atoms with E-state index in [1.165, 1.54) is 0 Å². The second-order valence-corrected chi connectivity index (χ2v) is 3.70. The summed E-state index contributed by atoms with van der Waals surface area (Å²) in [4.78, 5) is 11.0. The maximum Gasteiger partial charge on any atom is 0.308 e. The fraction of sp³-hybridized carbons (Fsp3) is 0.364. The third-order valence-electron chi connectivity index (χ3n) is 2.92. The van der Waals surface area contributed by atoms with Gasteiger partial charge in [-0.2, -0.15) is 0 Å². The van der Waals surface area contributed by atoms with E-state index in [9.17, 15) is 4.79 Å². The standard InChI is InChI=1S/C11H13NO3/c1-15-9-4-2-3-6-7(9)5-8(10(6)12)11(13)14/h2-4,8,10H,5,12H2,1H3,(H,13,14). The second kappa shape index (κ2) is 3.55. The Balaban J connectivity index is 2.44. The van der Waals surface area contributed by atoms with Crippen molar-refractivity contribution in [2.75, 3.05) is 7.11 Å². The number of carboxylic acid groups (broad SMARTS) is 1. The van der Waals surface area contributed by atoms with Gasteiger partial charge in [-0.05, 0) is 23.6 Å². The van der Waals surface area contributed by atoms with E-state index in [4.69, 9.17) is 15.6 Å². The topological polar surface area (TPSA) is 72.5 Å². The molecule has 0 fully saturated rings. The average Bonchev–Trinajstić information content (AvgIpc) is 2.56. The van der Waals surface area contributed by atoms with Crippen molar-refractivity contribution in [1.82, 2.24) is 0 Å². The number of hydrogen-bond donors (Lipinski definition) is 2. The van der Waals surface area contributed by atoms with Crippen molar-refractivity contribution in [2.24, 2.45) is 11.7 Å². The van der Waals surface area contributed by atoms with Gasteiger partial charge in [-0.25, -0.2) is 0 Å². The van der Waals surface area contributed by atoms with Gasteiger partial charge in [0.25, 0.3) is 0 Å². The normalized spacial score (nSPS) is 23.6. The molecule has 0 aliphatic heterocycles. The van der Waals surface area contributed by atoms with Crippen molar-refractivity contribution in [2.45, 2.75) is 12.5 Å². The Morgan fingerprint density at radius 3 is 2.93 bits per heavy atom. The molecule has 2 unspecified atom stereocenters. The number of carbonyl (C=O) groups is 1. The van der Waals surface area contributed by atoms with Crippen molar-refractivity contribution in [3.8, 4) is 5.75 Å². The van der Waals surface area contributed by atoms with Crippen LogP contribution in [0, 0.1) is 5.92 Å². The van der Waals surface area contributed by atoms with Crippen LogP contribution in [0.1, 0.15) is 17.2 Å². The lowest BCUT2D eigenvalue weighted by Gasteiger charge is -2.10. The molecule has 3 N–H and O–H groups in total. The summed E-state index contributed by atoms with van der Waals surface area (Å²) in [5.41, 5.74) is 7.70. The van der Waals surface area contributed by atoms with Gasteiger partial charge in [0.15, 0.2) is 0 Å². The fourth-order valence-corrected chi connectivity index (χ4v) is 2.11. The molecule has 0 saturated heterocycles. The van der Waals surface area contributed by atoms with Gasteiger partial charge in [-0.1, -0.05) is 12.1 Å². The minimum absolute atomic E-state index is 0.424. The lowest BCUT2D eigenvalue weighted by molar-refractivity contribution is -0.142. The molecule has 0 amide bonds. The van der Waals surface area contributed by atoms with Gasteiger partial charge in [-0.3, -0.25) is 4.79 Å². The Bertz CT molecular complexity index is 403. The van der Waals surface area contributed by atoms with Gasteiger partial charge in [0.05, 0.1) is 13.0 Å². The molecular formula is C11H13NO3. The smallest absolute Gasteiger partial charge is 0.308 e. The van der Waals surface area contributed by atoms with Gasteiger partial charge in [0.1, 0.15) is 5.75 Å². The second-order valence-electron chi connectivity index (χ2n) is 3.70. The van der Waals surface area contributed by atoms with E-state index in [0.717, 1.165) is 16.9 Å². The van der Waals surface area contributed by atoms with Crippen LogP contribution in [0.5, 0.6) is 5.75 Å². The molecule has 2 atom stereocenters. The van der Waals surface area contributed by atoms with Crippen LogP contribution in [-0.2, 0) is 11.2 Å². The molecule has 4 heteroatoms. The molecule has 0 aromatic heterocycles. The summed E-state index contributed by atoms with van der Waals surface area (Å²) in [5.74, 6) is -0.649. The Kier molecular flexibility index (Phi) is 2.36. The molecule has 80 valence electrons. The van der Waals surface area contributed by atoms with Crippen molar-refractivity contribution < 1.29 is 14.6 Å². The summed E-state index contributed by atoms with van der Waals surface area (Å²) in [6, 6.07) is 5.11. The number of ether oxygens (including phenoxy) is 1. The van der Waals surface area contributed by atoms with Gasteiger partial charge in [0.2, 0.25) is 0 Å². The fourth-order valence-electron chi connectivity index (χ4n) is 2.11. The van der Waals surface area contributed by atoms with Gasteiger partial charge in [0, 0.05) is 6.04 Å². The molecule has 1 aliphatic rings. The Morgan fingerprint density at radius 1 is 1.60 bits per heavy atom. The Morgan fingerprint density at radius 2 is 2.33 bits per heavy atom. The zero-order valence-corrected chi connectivity index (χ0v) is 8.43. The number of carboxylic acids is 1. The number of hydrogen-bond acceptors (Lipinski definition) is 3. The molecule has 0 bridgehead atoms. The molecule has 2 rings (SSSR count). The molecule has 4 nitrogen and oxygen atoms in total. The van der Waals surface area contributed by atoms with E-state index in [1.807, 2.05) is 18.2 Å². The molecule has 0 heterocycles. The van der Waals surface area contributed by atoms with Crippen LogP contribution >= 0.6 is 0 Å². The summed E-state index contributed by atoms with van der Waals surface area (Å²) in [6.45, 7) is 0. The molecule has 0 saturated carbocycles. The summed E-state index contributed by atoms with van der Waals surface area (Å²) in [5, 5.41) is 9.00. The van der Waals surface area contributed by atoms with E-state index >= 15 is 0 Å². The maximum absolute atomic E-state index is 11.0. The first kappa shape index (κ1) is 9.98. The highest BCUT2D eigenvalue weighted by molar-refractivity contribution is 5.74. The Hall–Kier alpha value is -1.55. The van der Waals surface area contributed by atoms with Gasteiger partial charge in [-0.15, -0.1) is 0 Å². The number of nitrogens with two attached hydrogens (primary N) is 1. The SMILES string of the molecule is COc1cccc2c1CC(C(=O)O)C2N. The molecule has 1 aliphatic carbocycles. The Labute approximate surface area is 87.7 Å². The summed E-state index contributed by atoms with van der Waals surface area (Å²) < 4.78 is 5.18. The highest BCUT2D eigenvalue weighted by Gasteiger charge is 2.36. The minimum atomic E-state index is -0.847. The first-order chi connectivity index (χ1) is 7.15. The maximum atomic E-state index is 11.0. The lowest BCUT2D eigenvalue weighted by atomic mass is 10.0. The van der Waals surface area contributed by atoms with Crippen LogP contribution in [0.4, 0.5) is 0 Å². The minimum Gasteiger partial charge on any atom is -0.496 e. The predicted molar refractivity (Wildman–Crippen MR) is 54.8 cm³/mol. The molecule has 1 aromatic rings. The summed E-state index contributed by atoms with van der Waals surface area (Å²) >= 11 is 0. The van der Waals surface area contributed by atoms with Crippen LogP contribution in [0.2, 0.25) is 0 Å². The zero-order valence-electron chi connectivity index (χ0n) is 8.43. The summed E-state index contributed by atoms with van der Waals surface area (Å²) in [6.07, 6.45) is 0.454. The predicted octanol–water partition coefficient (Wildman–Crippen LogP) is 0.952. The van der Waals surface area contributed by atoms with E-state index in [-0.39, 0.29) is 0 Å². The third kappa shape index (κ3) is 1.47. The van der Waals surface area contributed by atoms with Gasteiger partial charge >= 0.3 is 5.97 Å². The van der Waals surface area contributed by atoms with E-state index in [2.05, 4.69) is 0 Å². The largest absolute Gasteiger partial charge is 0.496 e. The third-order valence-corrected chi connectivity index (χ3v) is 2.92. The average molecular weight is 207 g/mol. The van der Waals surface area contributed by atoms with Crippen molar-refractivity contribution in [1.29, 1.82) is 0 Å². The molecular weight excluding hydrogens is 194 g/mol. The van der Waals surface area contributed by atoms with Crippen LogP contribution < -0.4 is 10.5 Å². The number of rotatable bonds is 2. The number of fused-ring (bicyclic) bond motifs is 1. The van der Waals surface area contributed by atoms with E-state index in [0.29, 0.717) is 6.42 Å². The van der Waals surface area contributed by atoms with Gasteiger partial charge < -0.3 is 15.6 Å². The quantitative estimate of drug-likeness (QED) is 0.757. The molecule has 1 aromatic carbocycles. The number of benzene rings is 1. The van der Waals surface area contributed by atoms with Crippen LogP contribution in [0.15, 0.2) is 18.2 Å². The van der Waals surface area contributed by atoms with Crippen LogP contribution in [-0.4, -0.2) is 18.2 Å². The first-order valence-corrected chi connectivity index (χ1v) is 4.79. The van der Waals surface area contributed by atoms with Crippen molar-refractivity contribution >= 4 is 5.97 Å². The first-order valence-electron chi connectivity index (χ1n) is 4.79. The highest BCUT2D eigenvalue weighted by atomic mass is 16.5. The van der Waals surface area contributed by atoms with Crippen molar-refractivity contribution in [3.63, 3.8) is 0 Å². The zero-order chi connectivity index (χ0) is 11.0. The van der Waals surface area contributed by atoms with Crippen LogP contribution in [0.3, 0.4) is 0 Å².